The summed E-state index contributed by atoms with van der Waals surface area (Å²) < 4.78 is 0. The summed E-state index contributed by atoms with van der Waals surface area (Å²) in [6.45, 7) is 6.24. The Morgan fingerprint density at radius 3 is 2.46 bits per heavy atom. The van der Waals surface area contributed by atoms with Crippen molar-refractivity contribution < 1.29 is 9.59 Å². The number of nitrogens with zero attached hydrogens (tertiary/aromatic N) is 1. The maximum Gasteiger partial charge on any atom is 0.253 e. The highest BCUT2D eigenvalue weighted by atomic mass is 16.2. The Morgan fingerprint density at radius 1 is 1.07 bits per heavy atom. The van der Waals surface area contributed by atoms with Gasteiger partial charge in [-0.1, -0.05) is 33.1 Å². The Hall–Kier alpha value is -2.04. The number of hydrogen-bond donors (Lipinski definition) is 2. The van der Waals surface area contributed by atoms with Gasteiger partial charge in [-0.05, 0) is 56.2 Å². The normalized spacial score (nSPS) is 18.7. The fraction of sp³-hybridized carbons (Fsp3) is 0.652. The molecule has 5 nitrogen and oxygen atoms in total. The first-order valence-electron chi connectivity index (χ1n) is 11.1. The molecule has 2 N–H and O–H groups in total. The van der Waals surface area contributed by atoms with Gasteiger partial charge < -0.3 is 15.5 Å². The molecule has 28 heavy (non-hydrogen) atoms. The van der Waals surface area contributed by atoms with Crippen molar-refractivity contribution in [3.05, 3.63) is 23.8 Å². The van der Waals surface area contributed by atoms with Crippen LogP contribution in [0.5, 0.6) is 0 Å². The van der Waals surface area contributed by atoms with E-state index in [9.17, 15) is 9.59 Å². The van der Waals surface area contributed by atoms with E-state index in [1.807, 2.05) is 25.1 Å². The first-order chi connectivity index (χ1) is 13.6. The van der Waals surface area contributed by atoms with Crippen molar-refractivity contribution in [3.63, 3.8) is 0 Å². The van der Waals surface area contributed by atoms with Gasteiger partial charge in [0.2, 0.25) is 5.91 Å². The van der Waals surface area contributed by atoms with E-state index in [0.717, 1.165) is 56.8 Å². The quantitative estimate of drug-likeness (QED) is 0.744. The molecule has 1 heterocycles. The molecule has 1 saturated heterocycles. The molecule has 3 rings (SSSR count). The van der Waals surface area contributed by atoms with Crippen LogP contribution in [-0.2, 0) is 4.79 Å². The average molecular weight is 386 g/mol. The first-order valence-corrected chi connectivity index (χ1v) is 11.1. The second-order valence-corrected chi connectivity index (χ2v) is 8.51. The molecule has 0 atom stereocenters. The van der Waals surface area contributed by atoms with Crippen LogP contribution in [0.15, 0.2) is 18.2 Å². The summed E-state index contributed by atoms with van der Waals surface area (Å²) in [7, 11) is 0. The largest absolute Gasteiger partial charge is 0.371 e. The molecule has 0 aromatic heterocycles. The molecule has 0 bridgehead atoms. The number of anilines is 2. The maximum absolute atomic E-state index is 13.2. The first kappa shape index (κ1) is 20.7. The molecule has 2 aliphatic rings. The number of hydrogen-bond acceptors (Lipinski definition) is 3. The second kappa shape index (κ2) is 9.94. The van der Waals surface area contributed by atoms with Crippen LogP contribution in [0.2, 0.25) is 0 Å². The smallest absolute Gasteiger partial charge is 0.253 e. The van der Waals surface area contributed by atoms with E-state index < -0.39 is 0 Å². The van der Waals surface area contributed by atoms with Crippen LogP contribution < -0.4 is 15.5 Å². The number of carbonyl (C=O) groups excluding carboxylic acids is 2. The van der Waals surface area contributed by atoms with Crippen LogP contribution >= 0.6 is 0 Å². The van der Waals surface area contributed by atoms with E-state index in [4.69, 9.17) is 0 Å². The molecule has 0 spiro atoms. The SMILES string of the molecule is CCCC(=O)Nc1ccc(N2CCC(C)CC2)c(C(=O)NC2CCCCC2)c1. The highest BCUT2D eigenvalue weighted by Gasteiger charge is 2.24. The van der Waals surface area contributed by atoms with Crippen molar-refractivity contribution in [2.24, 2.45) is 5.92 Å². The summed E-state index contributed by atoms with van der Waals surface area (Å²) in [4.78, 5) is 27.5. The minimum atomic E-state index is -0.00730. The standard InChI is InChI=1S/C23H35N3O2/c1-3-7-22(27)24-19-10-11-21(26-14-12-17(2)13-15-26)20(16-19)23(28)25-18-8-5-4-6-9-18/h10-11,16-18H,3-9,12-15H2,1-2H3,(H,24,27)(H,25,28). The lowest BCUT2D eigenvalue weighted by Gasteiger charge is -2.34. The fourth-order valence-electron chi connectivity index (χ4n) is 4.28. The summed E-state index contributed by atoms with van der Waals surface area (Å²) in [5, 5.41) is 6.19. The van der Waals surface area contributed by atoms with E-state index >= 15 is 0 Å². The molecule has 154 valence electrons. The van der Waals surface area contributed by atoms with E-state index in [1.165, 1.54) is 19.3 Å². The number of piperidine rings is 1. The Bertz CT molecular complexity index is 674. The van der Waals surface area contributed by atoms with Crippen molar-refractivity contribution in [1.29, 1.82) is 0 Å². The monoisotopic (exact) mass is 385 g/mol. The van der Waals surface area contributed by atoms with E-state index in [2.05, 4.69) is 22.5 Å². The van der Waals surface area contributed by atoms with Crippen molar-refractivity contribution in [3.8, 4) is 0 Å². The lowest BCUT2D eigenvalue weighted by Crippen LogP contribution is -2.38. The van der Waals surface area contributed by atoms with Gasteiger partial charge in [-0.25, -0.2) is 0 Å². The molecule has 5 heteroatoms. The molecular weight excluding hydrogens is 350 g/mol. The fourth-order valence-corrected chi connectivity index (χ4v) is 4.28. The molecule has 2 fully saturated rings. The topological polar surface area (TPSA) is 61.4 Å². The lowest BCUT2D eigenvalue weighted by molar-refractivity contribution is -0.116. The Labute approximate surface area is 169 Å². The predicted octanol–water partition coefficient (Wildman–Crippen LogP) is 4.72. The summed E-state index contributed by atoms with van der Waals surface area (Å²) >= 11 is 0. The van der Waals surface area contributed by atoms with Gasteiger partial charge in [-0.2, -0.15) is 0 Å². The van der Waals surface area contributed by atoms with Crippen LogP contribution in [0.1, 0.15) is 82.0 Å². The number of nitrogens with one attached hydrogen (secondary N) is 2. The zero-order valence-electron chi connectivity index (χ0n) is 17.4. The highest BCUT2D eigenvalue weighted by molar-refractivity contribution is 6.02. The van der Waals surface area contributed by atoms with Crippen LogP contribution in [0.4, 0.5) is 11.4 Å². The van der Waals surface area contributed by atoms with Crippen molar-refractivity contribution >= 4 is 23.2 Å². The van der Waals surface area contributed by atoms with E-state index in [0.29, 0.717) is 17.7 Å². The van der Waals surface area contributed by atoms with Gasteiger partial charge in [-0.3, -0.25) is 9.59 Å². The zero-order valence-corrected chi connectivity index (χ0v) is 17.4. The van der Waals surface area contributed by atoms with Crippen molar-refractivity contribution in [2.75, 3.05) is 23.3 Å². The summed E-state index contributed by atoms with van der Waals surface area (Å²) in [6.07, 6.45) is 9.38. The highest BCUT2D eigenvalue weighted by Crippen LogP contribution is 2.29. The van der Waals surface area contributed by atoms with Crippen molar-refractivity contribution in [1.82, 2.24) is 5.32 Å². The van der Waals surface area contributed by atoms with Crippen molar-refractivity contribution in [2.45, 2.75) is 77.7 Å². The molecule has 1 aromatic rings. The number of amides is 2. The third kappa shape index (κ3) is 5.49. The predicted molar refractivity (Wildman–Crippen MR) is 115 cm³/mol. The number of rotatable bonds is 6. The van der Waals surface area contributed by atoms with Gasteiger partial charge in [0.05, 0.1) is 5.56 Å². The van der Waals surface area contributed by atoms with E-state index in [-0.39, 0.29) is 17.9 Å². The lowest BCUT2D eigenvalue weighted by atomic mass is 9.95. The molecule has 1 aliphatic heterocycles. The van der Waals surface area contributed by atoms with Crippen LogP contribution in [0.25, 0.3) is 0 Å². The number of benzene rings is 1. The Kier molecular flexibility index (Phi) is 7.35. The van der Waals surface area contributed by atoms with Crippen LogP contribution in [-0.4, -0.2) is 30.9 Å². The zero-order chi connectivity index (χ0) is 19.9. The molecular formula is C23H35N3O2. The molecule has 1 aliphatic carbocycles. The van der Waals surface area contributed by atoms with Gasteiger partial charge >= 0.3 is 0 Å². The molecule has 1 aromatic carbocycles. The van der Waals surface area contributed by atoms with E-state index in [1.54, 1.807) is 0 Å². The minimum Gasteiger partial charge on any atom is -0.371 e. The van der Waals surface area contributed by atoms with Gasteiger partial charge in [0.1, 0.15) is 0 Å². The second-order valence-electron chi connectivity index (χ2n) is 8.51. The molecule has 0 radical (unpaired) electrons. The number of carbonyl (C=O) groups is 2. The van der Waals surface area contributed by atoms with Crippen LogP contribution in [0.3, 0.4) is 0 Å². The summed E-state index contributed by atoms with van der Waals surface area (Å²) in [5.41, 5.74) is 2.39. The van der Waals surface area contributed by atoms with Gasteiger partial charge in [0.15, 0.2) is 0 Å². The summed E-state index contributed by atoms with van der Waals surface area (Å²) in [6, 6.07) is 6.07. The summed E-state index contributed by atoms with van der Waals surface area (Å²) in [5.74, 6) is 0.733. The molecule has 2 amide bonds. The van der Waals surface area contributed by atoms with Crippen LogP contribution in [0, 0.1) is 5.92 Å². The Morgan fingerprint density at radius 2 is 1.79 bits per heavy atom. The maximum atomic E-state index is 13.2. The van der Waals surface area contributed by atoms with Gasteiger partial charge in [-0.15, -0.1) is 0 Å². The Balaban J connectivity index is 1.81. The third-order valence-electron chi connectivity index (χ3n) is 6.07. The van der Waals surface area contributed by atoms with Gasteiger partial charge in [0.25, 0.3) is 5.91 Å². The average Bonchev–Trinajstić information content (AvgIpc) is 2.69. The van der Waals surface area contributed by atoms with Gasteiger partial charge in [0, 0.05) is 36.9 Å². The minimum absolute atomic E-state index is 0.000635. The third-order valence-corrected chi connectivity index (χ3v) is 6.07. The molecule has 0 unspecified atom stereocenters. The molecule has 1 saturated carbocycles.